The van der Waals surface area contributed by atoms with Gasteiger partial charge in [0.1, 0.15) is 5.82 Å². The first kappa shape index (κ1) is 18.1. The molecule has 1 aromatic heterocycles. The predicted octanol–water partition coefficient (Wildman–Crippen LogP) is 3.08. The van der Waals surface area contributed by atoms with Gasteiger partial charge in [-0.05, 0) is 55.9 Å². The monoisotopic (exact) mass is 373 g/mol. The maximum Gasteiger partial charge on any atom is 0.257 e. The smallest absolute Gasteiger partial charge is 0.257 e. The highest BCUT2D eigenvalue weighted by atomic mass is 19.1. The third-order valence-corrected chi connectivity index (χ3v) is 5.50. The molecular weight excluding hydrogens is 349 g/mol. The lowest BCUT2D eigenvalue weighted by Crippen LogP contribution is -2.37. The average Bonchev–Trinajstić information content (AvgIpc) is 3.37. The summed E-state index contributed by atoms with van der Waals surface area (Å²) < 4.78 is 23.6. The van der Waals surface area contributed by atoms with Crippen LogP contribution in [0.25, 0.3) is 11.5 Å². The van der Waals surface area contributed by atoms with Gasteiger partial charge >= 0.3 is 0 Å². The Balaban J connectivity index is 1.27. The molecule has 27 heavy (non-hydrogen) atoms. The molecule has 2 aromatic rings. The first-order chi connectivity index (χ1) is 13.2. The Kier molecular flexibility index (Phi) is 5.48. The molecule has 1 atom stereocenters. The molecule has 0 aliphatic carbocycles. The van der Waals surface area contributed by atoms with Gasteiger partial charge in [-0.2, -0.15) is 4.98 Å². The number of halogens is 1. The molecule has 0 bridgehead atoms. The van der Waals surface area contributed by atoms with Crippen LogP contribution in [0.15, 0.2) is 28.8 Å². The van der Waals surface area contributed by atoms with Crippen LogP contribution in [0.5, 0.6) is 0 Å². The fraction of sp³-hybridized carbons (Fsp3) is 0.550. The fourth-order valence-corrected chi connectivity index (χ4v) is 3.87. The molecule has 1 aromatic carbocycles. The Morgan fingerprint density at radius 1 is 1.19 bits per heavy atom. The summed E-state index contributed by atoms with van der Waals surface area (Å²) in [5.41, 5.74) is 0.712. The number of ether oxygens (including phenoxy) is 1. The molecule has 0 radical (unpaired) electrons. The standard InChI is InChI=1S/C20H24FN3O3/c21-17-4-2-15(3-5-17)19-22-18(23-27-19)6-1-14-7-10-24(13-14)20(25)16-8-11-26-12-9-16/h2-5,14,16H,1,6-13H2. The van der Waals surface area contributed by atoms with E-state index in [9.17, 15) is 9.18 Å². The lowest BCUT2D eigenvalue weighted by Gasteiger charge is -2.26. The second-order valence-electron chi connectivity index (χ2n) is 7.39. The number of rotatable bonds is 5. The summed E-state index contributed by atoms with van der Waals surface area (Å²) >= 11 is 0. The van der Waals surface area contributed by atoms with E-state index in [1.807, 2.05) is 4.90 Å². The zero-order valence-electron chi connectivity index (χ0n) is 15.3. The maximum atomic E-state index is 13.0. The van der Waals surface area contributed by atoms with Crippen molar-refractivity contribution in [2.45, 2.75) is 32.1 Å². The number of aryl methyl sites for hydroxylation is 1. The van der Waals surface area contributed by atoms with Crippen molar-refractivity contribution in [1.29, 1.82) is 0 Å². The van der Waals surface area contributed by atoms with Crippen LogP contribution in [0.3, 0.4) is 0 Å². The van der Waals surface area contributed by atoms with E-state index in [0.717, 1.165) is 38.8 Å². The number of likely N-dealkylation sites (tertiary alicyclic amines) is 1. The molecule has 2 saturated heterocycles. The van der Waals surface area contributed by atoms with Gasteiger partial charge in [0, 0.05) is 44.2 Å². The number of carbonyl (C=O) groups is 1. The Morgan fingerprint density at radius 2 is 1.96 bits per heavy atom. The molecule has 6 nitrogen and oxygen atoms in total. The summed E-state index contributed by atoms with van der Waals surface area (Å²) in [7, 11) is 0. The molecule has 4 rings (SSSR count). The number of aromatic nitrogens is 2. The molecule has 2 fully saturated rings. The molecule has 0 N–H and O–H groups in total. The number of carbonyl (C=O) groups excluding carboxylic acids is 1. The van der Waals surface area contributed by atoms with Crippen LogP contribution in [0, 0.1) is 17.7 Å². The highest BCUT2D eigenvalue weighted by molar-refractivity contribution is 5.79. The van der Waals surface area contributed by atoms with Crippen LogP contribution in [0.1, 0.15) is 31.5 Å². The van der Waals surface area contributed by atoms with E-state index < -0.39 is 0 Å². The largest absolute Gasteiger partial charge is 0.381 e. The van der Waals surface area contributed by atoms with Crippen molar-refractivity contribution in [3.05, 3.63) is 35.9 Å². The summed E-state index contributed by atoms with van der Waals surface area (Å²) in [5.74, 6) is 1.67. The summed E-state index contributed by atoms with van der Waals surface area (Å²) in [6.45, 7) is 3.05. The van der Waals surface area contributed by atoms with Gasteiger partial charge in [0.2, 0.25) is 5.91 Å². The van der Waals surface area contributed by atoms with Crippen LogP contribution in [0.2, 0.25) is 0 Å². The zero-order valence-corrected chi connectivity index (χ0v) is 15.3. The SMILES string of the molecule is O=C(C1CCOCC1)N1CCC(CCc2noc(-c3ccc(F)cc3)n2)C1. The fourth-order valence-electron chi connectivity index (χ4n) is 3.87. The number of benzene rings is 1. The van der Waals surface area contributed by atoms with Gasteiger partial charge in [-0.25, -0.2) is 4.39 Å². The second kappa shape index (κ2) is 8.17. The van der Waals surface area contributed by atoms with E-state index in [1.54, 1.807) is 12.1 Å². The number of nitrogens with zero attached hydrogens (tertiary/aromatic N) is 3. The molecule has 2 aliphatic heterocycles. The lowest BCUT2D eigenvalue weighted by molar-refractivity contribution is -0.137. The molecular formula is C20H24FN3O3. The van der Waals surface area contributed by atoms with Gasteiger partial charge in [0.05, 0.1) is 0 Å². The van der Waals surface area contributed by atoms with Crippen LogP contribution in [-0.2, 0) is 16.0 Å². The Morgan fingerprint density at radius 3 is 2.74 bits per heavy atom. The molecule has 3 heterocycles. The van der Waals surface area contributed by atoms with Gasteiger partial charge in [0.15, 0.2) is 5.82 Å². The summed E-state index contributed by atoms with van der Waals surface area (Å²) in [6.07, 6.45) is 4.36. The van der Waals surface area contributed by atoms with Crippen molar-refractivity contribution in [3.63, 3.8) is 0 Å². The first-order valence-corrected chi connectivity index (χ1v) is 9.64. The van der Waals surface area contributed by atoms with Crippen LogP contribution < -0.4 is 0 Å². The highest BCUT2D eigenvalue weighted by Crippen LogP contribution is 2.26. The molecule has 0 spiro atoms. The Labute approximate surface area is 157 Å². The van der Waals surface area contributed by atoms with Crippen molar-refractivity contribution < 1.29 is 18.4 Å². The third kappa shape index (κ3) is 4.35. The molecule has 1 amide bonds. The van der Waals surface area contributed by atoms with Crippen molar-refractivity contribution in [2.24, 2.45) is 11.8 Å². The second-order valence-corrected chi connectivity index (χ2v) is 7.39. The molecule has 1 unspecified atom stereocenters. The molecule has 7 heteroatoms. The summed E-state index contributed by atoms with van der Waals surface area (Å²) in [4.78, 5) is 19.0. The third-order valence-electron chi connectivity index (χ3n) is 5.50. The van der Waals surface area contributed by atoms with Crippen molar-refractivity contribution in [2.75, 3.05) is 26.3 Å². The molecule has 2 aliphatic rings. The topological polar surface area (TPSA) is 68.5 Å². The van der Waals surface area contributed by atoms with Crippen LogP contribution in [-0.4, -0.2) is 47.3 Å². The Hall–Kier alpha value is -2.28. The van der Waals surface area contributed by atoms with Gasteiger partial charge in [-0.3, -0.25) is 4.79 Å². The van der Waals surface area contributed by atoms with Gasteiger partial charge in [-0.1, -0.05) is 5.16 Å². The Bertz CT molecular complexity index is 771. The summed E-state index contributed by atoms with van der Waals surface area (Å²) in [5, 5.41) is 4.03. The van der Waals surface area contributed by atoms with E-state index in [-0.39, 0.29) is 11.7 Å². The van der Waals surface area contributed by atoms with Gasteiger partial charge in [0.25, 0.3) is 5.89 Å². The predicted molar refractivity (Wildman–Crippen MR) is 96.2 cm³/mol. The minimum Gasteiger partial charge on any atom is -0.381 e. The first-order valence-electron chi connectivity index (χ1n) is 9.64. The highest BCUT2D eigenvalue weighted by Gasteiger charge is 2.31. The molecule has 0 saturated carbocycles. The van der Waals surface area contributed by atoms with Crippen LogP contribution in [0.4, 0.5) is 4.39 Å². The van der Waals surface area contributed by atoms with Gasteiger partial charge < -0.3 is 14.2 Å². The normalized spacial score (nSPS) is 20.9. The number of amides is 1. The van der Waals surface area contributed by atoms with Crippen LogP contribution >= 0.6 is 0 Å². The quantitative estimate of drug-likeness (QED) is 0.806. The average molecular weight is 373 g/mol. The van der Waals surface area contributed by atoms with E-state index in [0.29, 0.717) is 48.7 Å². The van der Waals surface area contributed by atoms with Gasteiger partial charge in [-0.15, -0.1) is 0 Å². The van der Waals surface area contributed by atoms with Crippen molar-refractivity contribution in [1.82, 2.24) is 15.0 Å². The van der Waals surface area contributed by atoms with E-state index in [1.165, 1.54) is 12.1 Å². The van der Waals surface area contributed by atoms with Crippen molar-refractivity contribution in [3.8, 4) is 11.5 Å². The van der Waals surface area contributed by atoms with E-state index >= 15 is 0 Å². The maximum absolute atomic E-state index is 13.0. The zero-order chi connectivity index (χ0) is 18.6. The van der Waals surface area contributed by atoms with Crippen molar-refractivity contribution >= 4 is 5.91 Å². The van der Waals surface area contributed by atoms with E-state index in [4.69, 9.17) is 9.26 Å². The lowest BCUT2D eigenvalue weighted by atomic mass is 9.98. The van der Waals surface area contributed by atoms with E-state index in [2.05, 4.69) is 10.1 Å². The summed E-state index contributed by atoms with van der Waals surface area (Å²) in [6, 6.07) is 6.01. The minimum atomic E-state index is -0.292. The molecule has 144 valence electrons. The number of hydrogen-bond acceptors (Lipinski definition) is 5. The minimum absolute atomic E-state index is 0.132. The number of hydrogen-bond donors (Lipinski definition) is 0.